The Balaban J connectivity index is 1.54. The zero-order valence-corrected chi connectivity index (χ0v) is 18.6. The van der Waals surface area contributed by atoms with Gasteiger partial charge in [-0.05, 0) is 59.9 Å². The molecule has 1 aliphatic rings. The van der Waals surface area contributed by atoms with Crippen LogP contribution >= 0.6 is 0 Å². The Kier molecular flexibility index (Phi) is 6.58. The Morgan fingerprint density at radius 3 is 2.47 bits per heavy atom. The highest BCUT2D eigenvalue weighted by Crippen LogP contribution is 2.34. The van der Waals surface area contributed by atoms with E-state index in [4.69, 9.17) is 15.6 Å². The third kappa shape index (κ3) is 4.91. The van der Waals surface area contributed by atoms with Gasteiger partial charge < -0.3 is 15.6 Å². The topological polar surface area (TPSA) is 123 Å². The number of carbonyl (C=O) groups is 3. The highest BCUT2D eigenvalue weighted by atomic mass is 16.5. The number of rotatable bonds is 8. The van der Waals surface area contributed by atoms with Crippen molar-refractivity contribution in [3.63, 3.8) is 0 Å². The van der Waals surface area contributed by atoms with Crippen molar-refractivity contribution in [3.05, 3.63) is 89.6 Å². The Hall–Kier alpha value is -4.20. The van der Waals surface area contributed by atoms with Gasteiger partial charge in [-0.15, -0.1) is 0 Å². The molecule has 4 rings (SSSR count). The first-order chi connectivity index (χ1) is 16.3. The van der Waals surface area contributed by atoms with E-state index in [0.717, 1.165) is 11.1 Å². The minimum absolute atomic E-state index is 0.0731. The Morgan fingerprint density at radius 1 is 1.12 bits per heavy atom. The van der Waals surface area contributed by atoms with Crippen LogP contribution in [-0.4, -0.2) is 39.0 Å². The first kappa shape index (κ1) is 23.0. The second-order valence-corrected chi connectivity index (χ2v) is 8.36. The average Bonchev–Trinajstić information content (AvgIpc) is 2.83. The lowest BCUT2D eigenvalue weighted by Gasteiger charge is -2.45. The molecular weight excluding hydrogens is 434 g/mol. The molecule has 0 bridgehead atoms. The molecule has 8 heteroatoms. The highest BCUT2D eigenvalue weighted by molar-refractivity contribution is 6.02. The number of hydrogen-bond acceptors (Lipinski definition) is 6. The lowest BCUT2D eigenvalue weighted by molar-refractivity contribution is -0.183. The summed E-state index contributed by atoms with van der Waals surface area (Å²) in [6, 6.07) is 19.0. The van der Waals surface area contributed by atoms with Gasteiger partial charge in [-0.2, -0.15) is 0 Å². The summed E-state index contributed by atoms with van der Waals surface area (Å²) >= 11 is 0. The Labute approximate surface area is 197 Å². The van der Waals surface area contributed by atoms with E-state index in [9.17, 15) is 14.4 Å². The zero-order chi connectivity index (χ0) is 24.2. The molecule has 2 aromatic carbocycles. The van der Waals surface area contributed by atoms with Crippen LogP contribution in [0.25, 0.3) is 0 Å². The fourth-order valence-electron chi connectivity index (χ4n) is 4.06. The van der Waals surface area contributed by atoms with Gasteiger partial charge in [-0.25, -0.2) is 14.7 Å². The SMILES string of the molecule is C[C@@H](CC(=O)N1C(=O)[C@H](Cc2ccnc(N)c2)[C@H]1Oc1ccc(C(=O)O)cc1)c1ccccc1. The number of ether oxygens (including phenoxy) is 1. The molecule has 3 aromatic rings. The van der Waals surface area contributed by atoms with E-state index in [1.807, 2.05) is 37.3 Å². The molecule has 8 nitrogen and oxygen atoms in total. The van der Waals surface area contributed by atoms with E-state index in [0.29, 0.717) is 18.0 Å². The third-order valence-electron chi connectivity index (χ3n) is 5.93. The smallest absolute Gasteiger partial charge is 0.335 e. The first-order valence-corrected chi connectivity index (χ1v) is 10.9. The molecule has 34 heavy (non-hydrogen) atoms. The molecule has 0 saturated carbocycles. The van der Waals surface area contributed by atoms with Crippen LogP contribution in [0.15, 0.2) is 72.9 Å². The van der Waals surface area contributed by atoms with Crippen LogP contribution in [0.1, 0.15) is 40.7 Å². The van der Waals surface area contributed by atoms with E-state index in [1.165, 1.54) is 29.2 Å². The highest BCUT2D eigenvalue weighted by Gasteiger charge is 2.52. The number of nitrogens with zero attached hydrogens (tertiary/aromatic N) is 2. The third-order valence-corrected chi connectivity index (χ3v) is 5.93. The number of aromatic nitrogens is 1. The summed E-state index contributed by atoms with van der Waals surface area (Å²) in [5.74, 6) is -1.63. The number of imide groups is 1. The van der Waals surface area contributed by atoms with E-state index in [1.54, 1.807) is 18.3 Å². The summed E-state index contributed by atoms with van der Waals surface area (Å²) in [5, 5.41) is 9.12. The van der Waals surface area contributed by atoms with Gasteiger partial charge in [0.05, 0.1) is 11.5 Å². The molecule has 3 atom stereocenters. The van der Waals surface area contributed by atoms with Crippen molar-refractivity contribution in [3.8, 4) is 5.75 Å². The summed E-state index contributed by atoms with van der Waals surface area (Å²) in [4.78, 5) is 42.5. The van der Waals surface area contributed by atoms with Gasteiger partial charge in [0.2, 0.25) is 11.8 Å². The van der Waals surface area contributed by atoms with E-state index in [-0.39, 0.29) is 29.7 Å². The van der Waals surface area contributed by atoms with Crippen LogP contribution in [0, 0.1) is 5.92 Å². The van der Waals surface area contributed by atoms with Crippen molar-refractivity contribution in [1.29, 1.82) is 0 Å². The van der Waals surface area contributed by atoms with Crippen LogP contribution in [0.2, 0.25) is 0 Å². The van der Waals surface area contributed by atoms with Crippen molar-refractivity contribution in [1.82, 2.24) is 9.88 Å². The lowest BCUT2D eigenvalue weighted by Crippen LogP contribution is -2.66. The summed E-state index contributed by atoms with van der Waals surface area (Å²) in [5.41, 5.74) is 7.71. The summed E-state index contributed by atoms with van der Waals surface area (Å²) < 4.78 is 6.04. The first-order valence-electron chi connectivity index (χ1n) is 10.9. The van der Waals surface area contributed by atoms with Crippen molar-refractivity contribution in [2.24, 2.45) is 5.92 Å². The van der Waals surface area contributed by atoms with Gasteiger partial charge in [0.1, 0.15) is 11.6 Å². The van der Waals surface area contributed by atoms with Crippen LogP contribution in [0.3, 0.4) is 0 Å². The zero-order valence-electron chi connectivity index (χ0n) is 18.6. The normalized spacial score (nSPS) is 18.1. The maximum atomic E-state index is 13.1. The summed E-state index contributed by atoms with van der Waals surface area (Å²) in [6.45, 7) is 1.94. The number of benzene rings is 2. The fourth-order valence-corrected chi connectivity index (χ4v) is 4.06. The van der Waals surface area contributed by atoms with E-state index < -0.39 is 18.1 Å². The molecule has 0 radical (unpaired) electrons. The van der Waals surface area contributed by atoms with Gasteiger partial charge in [0.25, 0.3) is 0 Å². The Morgan fingerprint density at radius 2 is 1.82 bits per heavy atom. The quantitative estimate of drug-likeness (QED) is 0.494. The average molecular weight is 460 g/mol. The molecule has 3 N–H and O–H groups in total. The van der Waals surface area contributed by atoms with Crippen LogP contribution in [0.4, 0.5) is 5.82 Å². The van der Waals surface area contributed by atoms with Gasteiger partial charge in [-0.3, -0.25) is 9.59 Å². The van der Waals surface area contributed by atoms with Crippen molar-refractivity contribution in [2.75, 3.05) is 5.73 Å². The monoisotopic (exact) mass is 459 g/mol. The number of pyridine rings is 1. The minimum Gasteiger partial charge on any atom is -0.478 e. The van der Waals surface area contributed by atoms with Crippen molar-refractivity contribution < 1.29 is 24.2 Å². The fraction of sp³-hybridized carbons (Fsp3) is 0.231. The minimum atomic E-state index is -1.05. The van der Waals surface area contributed by atoms with E-state index in [2.05, 4.69) is 4.98 Å². The number of β-lactam (4-membered cyclic amide) rings is 1. The molecule has 0 aliphatic carbocycles. The maximum Gasteiger partial charge on any atom is 0.335 e. The largest absolute Gasteiger partial charge is 0.478 e. The number of nitrogen functional groups attached to an aromatic ring is 1. The summed E-state index contributed by atoms with van der Waals surface area (Å²) in [7, 11) is 0. The second-order valence-electron chi connectivity index (χ2n) is 8.36. The standard InChI is InChI=1S/C26H25N3O5/c1-16(18-5-3-2-4-6-18)13-23(30)29-24(31)21(14-17-11-12-28-22(27)15-17)25(29)34-20-9-7-19(8-10-20)26(32)33/h2-12,15-16,21,25H,13-14H2,1H3,(H2,27,28)(H,32,33)/t16-,21-,25+/m0/s1. The number of carboxylic acids is 1. The number of anilines is 1. The number of aromatic carboxylic acids is 1. The molecule has 1 aliphatic heterocycles. The van der Waals surface area contributed by atoms with Gasteiger partial charge in [0.15, 0.2) is 6.23 Å². The van der Waals surface area contributed by atoms with Gasteiger partial charge in [-0.1, -0.05) is 37.3 Å². The molecule has 1 fully saturated rings. The van der Waals surface area contributed by atoms with E-state index >= 15 is 0 Å². The number of nitrogens with two attached hydrogens (primary N) is 1. The molecule has 2 heterocycles. The summed E-state index contributed by atoms with van der Waals surface area (Å²) in [6.07, 6.45) is 1.25. The lowest BCUT2D eigenvalue weighted by atomic mass is 9.87. The van der Waals surface area contributed by atoms with Crippen LogP contribution in [-0.2, 0) is 16.0 Å². The number of likely N-dealkylation sites (tertiary alicyclic amines) is 1. The van der Waals surface area contributed by atoms with Crippen LogP contribution < -0.4 is 10.5 Å². The van der Waals surface area contributed by atoms with Crippen molar-refractivity contribution in [2.45, 2.75) is 31.9 Å². The second kappa shape index (κ2) is 9.74. The number of hydrogen-bond donors (Lipinski definition) is 2. The number of amides is 2. The maximum absolute atomic E-state index is 13.1. The predicted molar refractivity (Wildman–Crippen MR) is 125 cm³/mol. The van der Waals surface area contributed by atoms with Crippen molar-refractivity contribution >= 4 is 23.6 Å². The van der Waals surface area contributed by atoms with Gasteiger partial charge in [0, 0.05) is 12.6 Å². The predicted octanol–water partition coefficient (Wildman–Crippen LogP) is 3.49. The molecule has 1 saturated heterocycles. The number of carboxylic acid groups (broad SMARTS) is 1. The molecule has 174 valence electrons. The molecular formula is C26H25N3O5. The molecule has 1 aromatic heterocycles. The molecule has 0 unspecified atom stereocenters. The number of carbonyl (C=O) groups excluding carboxylic acids is 2. The Bertz CT molecular complexity index is 1200. The van der Waals surface area contributed by atoms with Crippen LogP contribution in [0.5, 0.6) is 5.75 Å². The molecule has 2 amide bonds. The molecule has 0 spiro atoms. The van der Waals surface area contributed by atoms with Gasteiger partial charge >= 0.3 is 5.97 Å².